The Morgan fingerprint density at radius 3 is 2.88 bits per heavy atom. The summed E-state index contributed by atoms with van der Waals surface area (Å²) < 4.78 is 13.0. The molecule has 1 aromatic heterocycles. The fourth-order valence-corrected chi connectivity index (χ4v) is 3.45. The summed E-state index contributed by atoms with van der Waals surface area (Å²) in [5, 5.41) is 5.84. The third kappa shape index (κ3) is 3.96. The Bertz CT molecular complexity index is 631. The van der Waals surface area contributed by atoms with Crippen LogP contribution in [-0.2, 0) is 16.0 Å². The maximum Gasteiger partial charge on any atom is 0.319 e. The van der Waals surface area contributed by atoms with E-state index in [1.165, 1.54) is 6.07 Å². The fraction of sp³-hybridized carbons (Fsp3) is 0.647. The van der Waals surface area contributed by atoms with Crippen molar-refractivity contribution < 1.29 is 14.3 Å². The summed E-state index contributed by atoms with van der Waals surface area (Å²) in [7, 11) is 0. The van der Waals surface area contributed by atoms with E-state index < -0.39 is 0 Å². The van der Waals surface area contributed by atoms with Gasteiger partial charge in [0.05, 0.1) is 11.3 Å². The topological polar surface area (TPSA) is 81.6 Å². The SMILES string of the molecule is CCn1cc(NC(=O)NC2CCOC3(CCOCC3)C2)ccc1=O. The van der Waals surface area contributed by atoms with Crippen LogP contribution in [0.1, 0.15) is 32.6 Å². The highest BCUT2D eigenvalue weighted by molar-refractivity contribution is 5.89. The number of urea groups is 1. The molecule has 0 aliphatic carbocycles. The molecule has 0 bridgehead atoms. The van der Waals surface area contributed by atoms with Gasteiger partial charge in [0.2, 0.25) is 0 Å². The average molecular weight is 335 g/mol. The summed E-state index contributed by atoms with van der Waals surface area (Å²) >= 11 is 0. The maximum absolute atomic E-state index is 12.3. The molecule has 7 heteroatoms. The number of nitrogens with zero attached hydrogens (tertiary/aromatic N) is 1. The van der Waals surface area contributed by atoms with E-state index in [9.17, 15) is 9.59 Å². The quantitative estimate of drug-likeness (QED) is 0.881. The van der Waals surface area contributed by atoms with E-state index >= 15 is 0 Å². The molecule has 132 valence electrons. The summed E-state index contributed by atoms with van der Waals surface area (Å²) in [5.41, 5.74) is 0.389. The first-order valence-corrected chi connectivity index (χ1v) is 8.60. The summed E-state index contributed by atoms with van der Waals surface area (Å²) in [6.07, 6.45) is 5.05. The summed E-state index contributed by atoms with van der Waals surface area (Å²) in [6, 6.07) is 2.93. The molecule has 7 nitrogen and oxygen atoms in total. The lowest BCUT2D eigenvalue weighted by Gasteiger charge is -2.43. The third-order valence-electron chi connectivity index (χ3n) is 4.81. The Balaban J connectivity index is 1.57. The summed E-state index contributed by atoms with van der Waals surface area (Å²) in [6.45, 7) is 4.56. The molecule has 2 amide bonds. The molecule has 2 fully saturated rings. The number of aryl methyl sites for hydroxylation is 1. The van der Waals surface area contributed by atoms with Crippen molar-refractivity contribution in [3.8, 4) is 0 Å². The van der Waals surface area contributed by atoms with E-state index in [4.69, 9.17) is 9.47 Å². The number of rotatable bonds is 3. The van der Waals surface area contributed by atoms with Crippen molar-refractivity contribution in [3.63, 3.8) is 0 Å². The van der Waals surface area contributed by atoms with Crippen LogP contribution in [0.15, 0.2) is 23.1 Å². The Morgan fingerprint density at radius 1 is 1.33 bits per heavy atom. The zero-order chi connectivity index (χ0) is 17.0. The van der Waals surface area contributed by atoms with Crippen molar-refractivity contribution in [2.45, 2.75) is 50.8 Å². The highest BCUT2D eigenvalue weighted by atomic mass is 16.5. The van der Waals surface area contributed by atoms with Gasteiger partial charge in [-0.3, -0.25) is 4.79 Å². The van der Waals surface area contributed by atoms with Gasteiger partial charge in [0.25, 0.3) is 5.56 Å². The first-order chi connectivity index (χ1) is 11.6. The normalized spacial score (nSPS) is 23.0. The standard InChI is InChI=1S/C17H25N3O4/c1-2-20-12-14(3-4-15(20)21)19-16(22)18-13-5-8-24-17(11-13)6-9-23-10-7-17/h3-4,12-13H,2,5-11H2,1H3,(H2,18,19,22). The molecule has 24 heavy (non-hydrogen) atoms. The van der Waals surface area contributed by atoms with E-state index in [1.54, 1.807) is 16.8 Å². The maximum atomic E-state index is 12.3. The van der Waals surface area contributed by atoms with Crippen molar-refractivity contribution in [3.05, 3.63) is 28.7 Å². The van der Waals surface area contributed by atoms with Crippen LogP contribution in [0.5, 0.6) is 0 Å². The predicted octanol–water partition coefficient (Wildman–Crippen LogP) is 1.72. The number of nitrogens with one attached hydrogen (secondary N) is 2. The van der Waals surface area contributed by atoms with Crippen LogP contribution in [0.2, 0.25) is 0 Å². The molecule has 1 aromatic rings. The molecule has 2 aliphatic rings. The zero-order valence-electron chi connectivity index (χ0n) is 14.0. The first-order valence-electron chi connectivity index (χ1n) is 8.60. The number of hydrogen-bond acceptors (Lipinski definition) is 4. The van der Waals surface area contributed by atoms with Gasteiger partial charge in [-0.1, -0.05) is 0 Å². The molecule has 3 heterocycles. The van der Waals surface area contributed by atoms with Gasteiger partial charge in [-0.05, 0) is 38.7 Å². The molecule has 1 spiro atoms. The van der Waals surface area contributed by atoms with E-state index in [0.29, 0.717) is 18.8 Å². The van der Waals surface area contributed by atoms with Crippen molar-refractivity contribution in [2.75, 3.05) is 25.1 Å². The number of aromatic nitrogens is 1. The minimum absolute atomic E-state index is 0.0747. The lowest BCUT2D eigenvalue weighted by Crippen LogP contribution is -2.51. The molecule has 1 unspecified atom stereocenters. The van der Waals surface area contributed by atoms with Gasteiger partial charge in [-0.15, -0.1) is 0 Å². The Labute approximate surface area is 141 Å². The second-order valence-electron chi connectivity index (χ2n) is 6.47. The van der Waals surface area contributed by atoms with Crippen LogP contribution in [0.3, 0.4) is 0 Å². The van der Waals surface area contributed by atoms with Crippen LogP contribution in [0.25, 0.3) is 0 Å². The van der Waals surface area contributed by atoms with Crippen LogP contribution < -0.4 is 16.2 Å². The lowest BCUT2D eigenvalue weighted by molar-refractivity contribution is -0.139. The smallest absolute Gasteiger partial charge is 0.319 e. The van der Waals surface area contributed by atoms with Gasteiger partial charge in [0.1, 0.15) is 0 Å². The largest absolute Gasteiger partial charge is 0.381 e. The van der Waals surface area contributed by atoms with E-state index in [-0.39, 0.29) is 23.2 Å². The Hall–Kier alpha value is -1.86. The van der Waals surface area contributed by atoms with Crippen LogP contribution in [0, 0.1) is 0 Å². The molecule has 3 rings (SSSR count). The minimum atomic E-state index is -0.245. The second kappa shape index (κ2) is 7.36. The highest BCUT2D eigenvalue weighted by Crippen LogP contribution is 2.34. The third-order valence-corrected chi connectivity index (χ3v) is 4.81. The molecule has 0 radical (unpaired) electrons. The van der Waals surface area contributed by atoms with Crippen LogP contribution in [-0.4, -0.2) is 42.1 Å². The number of anilines is 1. The monoisotopic (exact) mass is 335 g/mol. The average Bonchev–Trinajstić information content (AvgIpc) is 2.57. The minimum Gasteiger partial charge on any atom is -0.381 e. The number of amides is 2. The molecule has 2 aliphatic heterocycles. The highest BCUT2D eigenvalue weighted by Gasteiger charge is 2.39. The number of carbonyl (C=O) groups is 1. The van der Waals surface area contributed by atoms with Gasteiger partial charge in [-0.2, -0.15) is 0 Å². The van der Waals surface area contributed by atoms with E-state index in [1.807, 2.05) is 6.92 Å². The van der Waals surface area contributed by atoms with Gasteiger partial charge < -0.3 is 24.7 Å². The Morgan fingerprint density at radius 2 is 2.12 bits per heavy atom. The molecular weight excluding hydrogens is 310 g/mol. The Kier molecular flexibility index (Phi) is 5.20. The number of ether oxygens (including phenoxy) is 2. The number of pyridine rings is 1. The molecule has 2 N–H and O–H groups in total. The van der Waals surface area contributed by atoms with Gasteiger partial charge in [0.15, 0.2) is 0 Å². The first kappa shape index (κ1) is 17.0. The van der Waals surface area contributed by atoms with Crippen molar-refractivity contribution >= 4 is 11.7 Å². The predicted molar refractivity (Wildman–Crippen MR) is 90.3 cm³/mol. The molecule has 1 atom stereocenters. The fourth-order valence-electron chi connectivity index (χ4n) is 3.45. The van der Waals surface area contributed by atoms with Gasteiger partial charge in [0, 0.05) is 44.7 Å². The van der Waals surface area contributed by atoms with Crippen molar-refractivity contribution in [1.29, 1.82) is 0 Å². The molecule has 0 saturated carbocycles. The summed E-state index contributed by atoms with van der Waals surface area (Å²) in [4.78, 5) is 23.8. The van der Waals surface area contributed by atoms with Crippen molar-refractivity contribution in [1.82, 2.24) is 9.88 Å². The van der Waals surface area contributed by atoms with Crippen LogP contribution >= 0.6 is 0 Å². The van der Waals surface area contributed by atoms with E-state index in [2.05, 4.69) is 10.6 Å². The summed E-state index contributed by atoms with van der Waals surface area (Å²) in [5.74, 6) is 0. The van der Waals surface area contributed by atoms with E-state index in [0.717, 1.165) is 38.9 Å². The van der Waals surface area contributed by atoms with Gasteiger partial charge in [-0.25, -0.2) is 4.79 Å². The second-order valence-corrected chi connectivity index (χ2v) is 6.47. The number of carbonyl (C=O) groups excluding carboxylic acids is 1. The van der Waals surface area contributed by atoms with Crippen LogP contribution in [0.4, 0.5) is 10.5 Å². The number of hydrogen-bond donors (Lipinski definition) is 2. The molecular formula is C17H25N3O4. The molecule has 2 saturated heterocycles. The molecule has 0 aromatic carbocycles. The lowest BCUT2D eigenvalue weighted by atomic mass is 9.84. The van der Waals surface area contributed by atoms with Gasteiger partial charge >= 0.3 is 6.03 Å². The van der Waals surface area contributed by atoms with Crippen molar-refractivity contribution in [2.24, 2.45) is 0 Å². The zero-order valence-corrected chi connectivity index (χ0v) is 14.0.